The molecule has 0 radical (unpaired) electrons. The first-order valence-electron chi connectivity index (χ1n) is 5.62. The van der Waals surface area contributed by atoms with E-state index < -0.39 is 8.87 Å². The van der Waals surface area contributed by atoms with Gasteiger partial charge in [0.2, 0.25) is 8.87 Å². The molecule has 1 aliphatic carbocycles. The van der Waals surface area contributed by atoms with Crippen LogP contribution in [0.15, 0.2) is 23.1 Å². The molecule has 0 spiro atoms. The van der Waals surface area contributed by atoms with Crippen LogP contribution in [0, 0.1) is 6.92 Å². The van der Waals surface area contributed by atoms with Gasteiger partial charge in [-0.05, 0) is 56.5 Å². The lowest BCUT2D eigenvalue weighted by molar-refractivity contribution is 0.543. The Bertz CT molecular complexity index is 539. The SMILES string of the molecule is CNC1(Cc2cc(C)ccc2S(=O)(=O)S)CC1.Cl. The third-order valence-corrected chi connectivity index (χ3v) is 4.95. The molecule has 1 saturated carbocycles. The summed E-state index contributed by atoms with van der Waals surface area (Å²) in [6, 6.07) is 5.41. The van der Waals surface area contributed by atoms with Crippen molar-refractivity contribution in [3.8, 4) is 0 Å². The normalized spacial score (nSPS) is 17.1. The largest absolute Gasteiger partial charge is 0.314 e. The molecule has 18 heavy (non-hydrogen) atoms. The molecule has 0 saturated heterocycles. The number of benzene rings is 1. The Hall–Kier alpha value is -0.230. The summed E-state index contributed by atoms with van der Waals surface area (Å²) >= 11 is 3.70. The van der Waals surface area contributed by atoms with Crippen molar-refractivity contribution < 1.29 is 8.42 Å². The highest BCUT2D eigenvalue weighted by Gasteiger charge is 2.41. The first-order valence-corrected chi connectivity index (χ1v) is 8.16. The Morgan fingerprint density at radius 3 is 2.44 bits per heavy atom. The van der Waals surface area contributed by atoms with Crippen LogP contribution >= 0.6 is 24.1 Å². The number of aryl methyl sites for hydroxylation is 1. The number of nitrogens with one attached hydrogen (secondary N) is 1. The summed E-state index contributed by atoms with van der Waals surface area (Å²) in [7, 11) is -1.51. The van der Waals surface area contributed by atoms with Crippen LogP contribution in [-0.4, -0.2) is 21.0 Å². The van der Waals surface area contributed by atoms with E-state index in [9.17, 15) is 8.42 Å². The van der Waals surface area contributed by atoms with Crippen LogP contribution in [0.5, 0.6) is 0 Å². The van der Waals surface area contributed by atoms with E-state index in [2.05, 4.69) is 17.0 Å². The number of halogens is 1. The van der Waals surface area contributed by atoms with Gasteiger partial charge in [-0.3, -0.25) is 0 Å². The van der Waals surface area contributed by atoms with Gasteiger partial charge in [0.15, 0.2) is 0 Å². The molecule has 0 atom stereocenters. The zero-order valence-electron chi connectivity index (χ0n) is 10.4. The fourth-order valence-electron chi connectivity index (χ4n) is 2.13. The van der Waals surface area contributed by atoms with Crippen LogP contribution in [0.4, 0.5) is 0 Å². The van der Waals surface area contributed by atoms with Gasteiger partial charge in [-0.25, -0.2) is 8.42 Å². The van der Waals surface area contributed by atoms with Crippen molar-refractivity contribution in [1.29, 1.82) is 0 Å². The molecule has 0 aromatic heterocycles. The molecule has 1 aromatic carbocycles. The van der Waals surface area contributed by atoms with Crippen molar-refractivity contribution in [2.24, 2.45) is 0 Å². The lowest BCUT2D eigenvalue weighted by Crippen LogP contribution is -2.30. The van der Waals surface area contributed by atoms with E-state index in [1.54, 1.807) is 6.07 Å². The Labute approximate surface area is 119 Å². The van der Waals surface area contributed by atoms with Gasteiger partial charge < -0.3 is 5.32 Å². The number of likely N-dealkylation sites (N-methyl/N-ethyl adjacent to an activating group) is 1. The monoisotopic (exact) mass is 307 g/mol. The van der Waals surface area contributed by atoms with Gasteiger partial charge in [0.1, 0.15) is 0 Å². The molecule has 102 valence electrons. The Kier molecular flexibility index (Phi) is 4.76. The predicted octanol–water partition coefficient (Wildman–Crippen LogP) is 2.33. The number of thiol groups is 1. The van der Waals surface area contributed by atoms with Crippen LogP contribution in [0.25, 0.3) is 0 Å². The highest BCUT2D eigenvalue weighted by molar-refractivity contribution is 8.63. The molecule has 0 amide bonds. The topological polar surface area (TPSA) is 46.2 Å². The summed E-state index contributed by atoms with van der Waals surface area (Å²) in [6.07, 6.45) is 2.95. The van der Waals surface area contributed by atoms with Gasteiger partial charge in [0, 0.05) is 5.54 Å². The van der Waals surface area contributed by atoms with Crippen molar-refractivity contribution >= 4 is 32.9 Å². The highest BCUT2D eigenvalue weighted by atomic mass is 35.5. The fraction of sp³-hybridized carbons (Fsp3) is 0.500. The van der Waals surface area contributed by atoms with Crippen molar-refractivity contribution in [3.05, 3.63) is 29.3 Å². The van der Waals surface area contributed by atoms with E-state index in [1.807, 2.05) is 26.1 Å². The second kappa shape index (κ2) is 5.41. The van der Waals surface area contributed by atoms with Crippen molar-refractivity contribution in [2.75, 3.05) is 7.05 Å². The molecule has 0 unspecified atom stereocenters. The van der Waals surface area contributed by atoms with Crippen molar-refractivity contribution in [3.63, 3.8) is 0 Å². The average molecular weight is 308 g/mol. The zero-order valence-corrected chi connectivity index (χ0v) is 13.0. The first kappa shape index (κ1) is 15.8. The first-order chi connectivity index (χ1) is 7.86. The molecule has 0 heterocycles. The molecule has 6 heteroatoms. The summed E-state index contributed by atoms with van der Waals surface area (Å²) in [5.41, 5.74) is 2.04. The lowest BCUT2D eigenvalue weighted by Gasteiger charge is -2.16. The molecule has 1 fully saturated rings. The third kappa shape index (κ3) is 3.41. The summed E-state index contributed by atoms with van der Waals surface area (Å²) in [5.74, 6) is 0. The summed E-state index contributed by atoms with van der Waals surface area (Å²) in [6.45, 7) is 1.97. The van der Waals surface area contributed by atoms with Gasteiger partial charge in [0.05, 0.1) is 4.90 Å². The fourth-order valence-corrected chi connectivity index (χ4v) is 3.37. The smallest absolute Gasteiger partial charge is 0.227 e. The van der Waals surface area contributed by atoms with Crippen LogP contribution in [0.2, 0.25) is 0 Å². The van der Waals surface area contributed by atoms with Gasteiger partial charge in [-0.1, -0.05) is 17.7 Å². The van der Waals surface area contributed by atoms with Gasteiger partial charge >= 0.3 is 0 Å². The summed E-state index contributed by atoms with van der Waals surface area (Å²) in [4.78, 5) is 0.341. The Morgan fingerprint density at radius 1 is 1.39 bits per heavy atom. The number of hydrogen-bond acceptors (Lipinski definition) is 3. The summed E-state index contributed by atoms with van der Waals surface area (Å²) in [5, 5.41) is 3.28. The third-order valence-electron chi connectivity index (χ3n) is 3.41. The molecule has 1 aliphatic rings. The van der Waals surface area contributed by atoms with E-state index in [4.69, 9.17) is 0 Å². The molecular formula is C12H18ClNO2S2. The van der Waals surface area contributed by atoms with Crippen molar-refractivity contribution in [2.45, 2.75) is 36.6 Å². The minimum absolute atomic E-state index is 0. The molecule has 2 rings (SSSR count). The highest BCUT2D eigenvalue weighted by Crippen LogP contribution is 2.39. The Balaban J connectivity index is 0.00000162. The maximum absolute atomic E-state index is 11.6. The van der Waals surface area contributed by atoms with Crippen LogP contribution in [0.1, 0.15) is 24.0 Å². The number of hydrogen-bond donors (Lipinski definition) is 2. The summed E-state index contributed by atoms with van der Waals surface area (Å²) < 4.78 is 23.2. The quantitative estimate of drug-likeness (QED) is 0.663. The van der Waals surface area contributed by atoms with Crippen LogP contribution < -0.4 is 5.32 Å². The number of rotatable bonds is 4. The van der Waals surface area contributed by atoms with Crippen molar-refractivity contribution in [1.82, 2.24) is 5.32 Å². The maximum atomic E-state index is 11.6. The second-order valence-corrected chi connectivity index (χ2v) is 7.63. The standard InChI is InChI=1S/C12H17NO2S2.ClH/c1-9-3-4-11(17(14,15)16)10(7-9)8-12(13-2)5-6-12;/h3-4,7,13H,5-6,8H2,1-2H3,(H,14,15,16);1H. The minimum atomic E-state index is -3.44. The molecular weight excluding hydrogens is 290 g/mol. The van der Waals surface area contributed by atoms with E-state index in [1.165, 1.54) is 0 Å². The van der Waals surface area contributed by atoms with E-state index in [0.29, 0.717) is 4.90 Å². The van der Waals surface area contributed by atoms with Gasteiger partial charge in [-0.15, -0.1) is 12.4 Å². The molecule has 3 nitrogen and oxygen atoms in total. The second-order valence-electron chi connectivity index (χ2n) is 4.79. The Morgan fingerprint density at radius 2 is 2.00 bits per heavy atom. The molecule has 1 N–H and O–H groups in total. The van der Waals surface area contributed by atoms with E-state index in [0.717, 1.165) is 30.4 Å². The molecule has 0 bridgehead atoms. The van der Waals surface area contributed by atoms with Gasteiger partial charge in [-0.2, -0.15) is 0 Å². The zero-order chi connectivity index (χ0) is 12.7. The predicted molar refractivity (Wildman–Crippen MR) is 79.3 cm³/mol. The maximum Gasteiger partial charge on any atom is 0.227 e. The minimum Gasteiger partial charge on any atom is -0.314 e. The molecule has 1 aromatic rings. The van der Waals surface area contributed by atoms with Crippen LogP contribution in [0.3, 0.4) is 0 Å². The lowest BCUT2D eigenvalue weighted by atomic mass is 10.0. The average Bonchev–Trinajstić information content (AvgIpc) is 2.96. The molecule has 0 aliphatic heterocycles. The van der Waals surface area contributed by atoms with Gasteiger partial charge in [0.25, 0.3) is 0 Å². The van der Waals surface area contributed by atoms with E-state index in [-0.39, 0.29) is 17.9 Å². The van der Waals surface area contributed by atoms with E-state index >= 15 is 0 Å². The van der Waals surface area contributed by atoms with Crippen LogP contribution in [-0.2, 0) is 15.3 Å².